The first kappa shape index (κ1) is 9.63. The highest BCUT2D eigenvalue weighted by atomic mass is 15.2. The molecule has 84 valence electrons. The normalized spacial score (nSPS) is 24.4. The van der Waals surface area contributed by atoms with Crippen LogP contribution in [0.1, 0.15) is 19.8 Å². The van der Waals surface area contributed by atoms with E-state index in [-0.39, 0.29) is 0 Å². The molecule has 4 nitrogen and oxygen atoms in total. The highest BCUT2D eigenvalue weighted by molar-refractivity contribution is 5.87. The van der Waals surface area contributed by atoms with Crippen molar-refractivity contribution in [3.63, 3.8) is 0 Å². The van der Waals surface area contributed by atoms with Crippen LogP contribution in [0, 0.1) is 5.92 Å². The van der Waals surface area contributed by atoms with Crippen molar-refractivity contribution in [2.75, 3.05) is 11.9 Å². The molecule has 1 fully saturated rings. The summed E-state index contributed by atoms with van der Waals surface area (Å²) in [7, 11) is 2.13. The van der Waals surface area contributed by atoms with Crippen LogP contribution in [0.5, 0.6) is 0 Å². The Morgan fingerprint density at radius 1 is 1.38 bits per heavy atom. The minimum Gasteiger partial charge on any atom is -0.356 e. The molecule has 16 heavy (non-hydrogen) atoms. The maximum absolute atomic E-state index is 4.40. The van der Waals surface area contributed by atoms with E-state index in [9.17, 15) is 0 Å². The molecule has 1 N–H and O–H groups in total. The van der Waals surface area contributed by atoms with E-state index in [1.165, 1.54) is 12.8 Å². The molecule has 0 atom stereocenters. The molecule has 2 aromatic heterocycles. The maximum atomic E-state index is 4.40. The second-order valence-corrected chi connectivity index (χ2v) is 4.78. The lowest BCUT2D eigenvalue weighted by molar-refractivity contribution is 0.280. The Labute approximate surface area is 94.7 Å². The molecule has 0 amide bonds. The van der Waals surface area contributed by atoms with Crippen molar-refractivity contribution >= 4 is 16.9 Å². The fourth-order valence-corrected chi connectivity index (χ4v) is 2.49. The van der Waals surface area contributed by atoms with Crippen LogP contribution in [-0.2, 0) is 0 Å². The Balaban J connectivity index is 1.95. The van der Waals surface area contributed by atoms with Crippen molar-refractivity contribution < 1.29 is 0 Å². The average Bonchev–Trinajstić information content (AvgIpc) is 2.71. The molecule has 4 heteroatoms. The quantitative estimate of drug-likeness (QED) is 0.837. The van der Waals surface area contributed by atoms with Gasteiger partial charge in [-0.25, -0.2) is 9.97 Å². The van der Waals surface area contributed by atoms with Crippen molar-refractivity contribution in [2.45, 2.75) is 25.8 Å². The van der Waals surface area contributed by atoms with Gasteiger partial charge in [0.15, 0.2) is 0 Å². The molecule has 0 spiro atoms. The number of H-pyrrole nitrogens is 1. The van der Waals surface area contributed by atoms with Crippen molar-refractivity contribution in [1.29, 1.82) is 0 Å². The fraction of sp³-hybridized carbons (Fsp3) is 0.500. The smallest absolute Gasteiger partial charge is 0.142 e. The number of aromatic amines is 1. The van der Waals surface area contributed by atoms with Crippen LogP contribution in [0.2, 0.25) is 0 Å². The van der Waals surface area contributed by atoms with E-state index >= 15 is 0 Å². The minimum atomic E-state index is 0.642. The summed E-state index contributed by atoms with van der Waals surface area (Å²) >= 11 is 0. The lowest BCUT2D eigenvalue weighted by Crippen LogP contribution is -2.42. The van der Waals surface area contributed by atoms with Gasteiger partial charge in [0.2, 0.25) is 0 Å². The summed E-state index contributed by atoms with van der Waals surface area (Å²) in [6.07, 6.45) is 6.09. The van der Waals surface area contributed by atoms with Gasteiger partial charge in [0.25, 0.3) is 0 Å². The Kier molecular flexibility index (Phi) is 2.09. The van der Waals surface area contributed by atoms with Gasteiger partial charge in [-0.15, -0.1) is 0 Å². The van der Waals surface area contributed by atoms with Crippen LogP contribution in [0.4, 0.5) is 5.82 Å². The predicted octanol–water partition coefficient (Wildman–Crippen LogP) is 2.19. The lowest BCUT2D eigenvalue weighted by Gasteiger charge is -2.40. The van der Waals surface area contributed by atoms with E-state index in [1.807, 2.05) is 12.3 Å². The monoisotopic (exact) mass is 216 g/mol. The summed E-state index contributed by atoms with van der Waals surface area (Å²) in [4.78, 5) is 14.0. The summed E-state index contributed by atoms with van der Waals surface area (Å²) in [6, 6.07) is 2.69. The standard InChI is InChI=1S/C12H16N4/c1-8-5-9(6-8)16(2)12-10-3-4-13-11(10)14-7-15-12/h3-4,7-9H,5-6H2,1-2H3,(H,13,14,15)/t8-,9+. The van der Waals surface area contributed by atoms with Gasteiger partial charge < -0.3 is 9.88 Å². The number of rotatable bonds is 2. The summed E-state index contributed by atoms with van der Waals surface area (Å²) in [5, 5.41) is 1.12. The van der Waals surface area contributed by atoms with Gasteiger partial charge in [0.1, 0.15) is 17.8 Å². The van der Waals surface area contributed by atoms with Crippen LogP contribution in [0.15, 0.2) is 18.6 Å². The molecule has 0 saturated heterocycles. The van der Waals surface area contributed by atoms with Gasteiger partial charge in [0, 0.05) is 19.3 Å². The summed E-state index contributed by atoms with van der Waals surface area (Å²) in [5.74, 6) is 1.90. The van der Waals surface area contributed by atoms with E-state index < -0.39 is 0 Å². The zero-order valence-corrected chi connectivity index (χ0v) is 9.64. The van der Waals surface area contributed by atoms with Gasteiger partial charge in [-0.2, -0.15) is 0 Å². The van der Waals surface area contributed by atoms with Gasteiger partial charge >= 0.3 is 0 Å². The van der Waals surface area contributed by atoms with Gasteiger partial charge in [-0.1, -0.05) is 6.92 Å². The average molecular weight is 216 g/mol. The molecular formula is C12H16N4. The zero-order chi connectivity index (χ0) is 11.1. The highest BCUT2D eigenvalue weighted by Crippen LogP contribution is 2.34. The number of nitrogens with one attached hydrogen (secondary N) is 1. The molecule has 0 bridgehead atoms. The van der Waals surface area contributed by atoms with E-state index in [1.54, 1.807) is 6.33 Å². The molecule has 3 rings (SSSR count). The van der Waals surface area contributed by atoms with Gasteiger partial charge in [-0.3, -0.25) is 0 Å². The predicted molar refractivity (Wildman–Crippen MR) is 64.5 cm³/mol. The van der Waals surface area contributed by atoms with E-state index in [2.05, 4.69) is 33.8 Å². The van der Waals surface area contributed by atoms with Crippen molar-refractivity contribution in [3.8, 4) is 0 Å². The van der Waals surface area contributed by atoms with Crippen LogP contribution in [0.3, 0.4) is 0 Å². The van der Waals surface area contributed by atoms with Crippen molar-refractivity contribution in [2.24, 2.45) is 5.92 Å². The van der Waals surface area contributed by atoms with Crippen molar-refractivity contribution in [1.82, 2.24) is 15.0 Å². The molecule has 1 aliphatic rings. The summed E-state index contributed by atoms with van der Waals surface area (Å²) in [6.45, 7) is 2.30. The second kappa shape index (κ2) is 3.47. The lowest BCUT2D eigenvalue weighted by atomic mass is 9.81. The molecule has 2 heterocycles. The first-order valence-electron chi connectivity index (χ1n) is 5.76. The Bertz CT molecular complexity index is 498. The topological polar surface area (TPSA) is 44.8 Å². The number of hydrogen-bond acceptors (Lipinski definition) is 3. The van der Waals surface area contributed by atoms with Gasteiger partial charge in [0.05, 0.1) is 5.39 Å². The summed E-state index contributed by atoms with van der Waals surface area (Å²) < 4.78 is 0. The van der Waals surface area contributed by atoms with Crippen LogP contribution < -0.4 is 4.90 Å². The van der Waals surface area contributed by atoms with E-state index in [4.69, 9.17) is 0 Å². The molecule has 0 aromatic carbocycles. The summed E-state index contributed by atoms with van der Waals surface area (Å²) in [5.41, 5.74) is 0.921. The molecule has 1 aliphatic carbocycles. The first-order valence-corrected chi connectivity index (χ1v) is 5.76. The second-order valence-electron chi connectivity index (χ2n) is 4.78. The largest absolute Gasteiger partial charge is 0.356 e. The minimum absolute atomic E-state index is 0.642. The third kappa shape index (κ3) is 1.37. The Morgan fingerprint density at radius 2 is 2.19 bits per heavy atom. The molecular weight excluding hydrogens is 200 g/mol. The van der Waals surface area contributed by atoms with E-state index in [0.29, 0.717) is 6.04 Å². The molecule has 0 aliphatic heterocycles. The first-order chi connectivity index (χ1) is 7.75. The van der Waals surface area contributed by atoms with Crippen LogP contribution in [0.25, 0.3) is 11.0 Å². The third-order valence-corrected chi connectivity index (χ3v) is 3.56. The highest BCUT2D eigenvalue weighted by Gasteiger charge is 2.30. The van der Waals surface area contributed by atoms with E-state index in [0.717, 1.165) is 22.8 Å². The number of hydrogen-bond donors (Lipinski definition) is 1. The van der Waals surface area contributed by atoms with Crippen LogP contribution >= 0.6 is 0 Å². The molecule has 2 aromatic rings. The Morgan fingerprint density at radius 3 is 2.94 bits per heavy atom. The maximum Gasteiger partial charge on any atom is 0.142 e. The molecule has 1 saturated carbocycles. The fourth-order valence-electron chi connectivity index (χ4n) is 2.49. The zero-order valence-electron chi connectivity index (χ0n) is 9.64. The Hall–Kier alpha value is -1.58. The van der Waals surface area contributed by atoms with Crippen molar-refractivity contribution in [3.05, 3.63) is 18.6 Å². The number of nitrogens with zero attached hydrogens (tertiary/aromatic N) is 3. The number of anilines is 1. The number of fused-ring (bicyclic) bond motifs is 1. The van der Waals surface area contributed by atoms with Crippen LogP contribution in [-0.4, -0.2) is 28.0 Å². The molecule has 0 unspecified atom stereocenters. The third-order valence-electron chi connectivity index (χ3n) is 3.56. The number of aromatic nitrogens is 3. The SMILES string of the molecule is CN(c1ncnc2[nH]ccc12)[C@H]1C[C@@H](C)C1. The van der Waals surface area contributed by atoms with Gasteiger partial charge in [-0.05, 0) is 24.8 Å². The molecule has 0 radical (unpaired) electrons.